The molecule has 0 saturated heterocycles. The van der Waals surface area contributed by atoms with Gasteiger partial charge in [0.25, 0.3) is 0 Å². The zero-order valence-corrected chi connectivity index (χ0v) is 9.86. The van der Waals surface area contributed by atoms with E-state index in [4.69, 9.17) is 5.73 Å². The first-order valence-corrected chi connectivity index (χ1v) is 5.94. The summed E-state index contributed by atoms with van der Waals surface area (Å²) in [5.41, 5.74) is 8.43. The highest BCUT2D eigenvalue weighted by Crippen LogP contribution is 2.33. The van der Waals surface area contributed by atoms with E-state index in [1.54, 1.807) is 6.08 Å². The molecule has 0 bridgehead atoms. The van der Waals surface area contributed by atoms with Gasteiger partial charge in [-0.1, -0.05) is 30.3 Å². The second-order valence-electron chi connectivity index (χ2n) is 4.48. The molecule has 90 valence electrons. The van der Waals surface area contributed by atoms with Gasteiger partial charge < -0.3 is 11.1 Å². The van der Waals surface area contributed by atoms with E-state index in [1.807, 2.05) is 12.1 Å². The summed E-state index contributed by atoms with van der Waals surface area (Å²) in [6.07, 6.45) is 3.24. The normalized spacial score (nSPS) is 18.8. The predicted octanol–water partition coefficient (Wildman–Crippen LogP) is 1.35. The maximum absolute atomic E-state index is 11.6. The monoisotopic (exact) mass is 230 g/mol. The van der Waals surface area contributed by atoms with Gasteiger partial charge in [-0.15, -0.1) is 6.58 Å². The van der Waals surface area contributed by atoms with Gasteiger partial charge in [0.2, 0.25) is 5.91 Å². The van der Waals surface area contributed by atoms with Gasteiger partial charge in [-0.2, -0.15) is 0 Å². The van der Waals surface area contributed by atoms with Crippen LogP contribution in [0.5, 0.6) is 0 Å². The number of carbonyl (C=O) groups excluding carboxylic acids is 1. The SMILES string of the molecule is C=CCC(N)C(=O)NCC1Cc2ccccc21. The summed E-state index contributed by atoms with van der Waals surface area (Å²) in [6.45, 7) is 4.26. The van der Waals surface area contributed by atoms with Crippen molar-refractivity contribution in [1.29, 1.82) is 0 Å². The molecule has 3 N–H and O–H groups in total. The van der Waals surface area contributed by atoms with Crippen molar-refractivity contribution in [1.82, 2.24) is 5.32 Å². The van der Waals surface area contributed by atoms with E-state index in [-0.39, 0.29) is 5.91 Å². The first-order chi connectivity index (χ1) is 8.22. The maximum atomic E-state index is 11.6. The van der Waals surface area contributed by atoms with Gasteiger partial charge in [0.1, 0.15) is 0 Å². The molecule has 0 fully saturated rings. The van der Waals surface area contributed by atoms with Crippen LogP contribution in [0.2, 0.25) is 0 Å². The number of rotatable bonds is 5. The van der Waals surface area contributed by atoms with Crippen molar-refractivity contribution >= 4 is 5.91 Å². The number of nitrogens with one attached hydrogen (secondary N) is 1. The summed E-state index contributed by atoms with van der Waals surface area (Å²) in [5.74, 6) is 0.361. The van der Waals surface area contributed by atoms with Crippen LogP contribution in [0.15, 0.2) is 36.9 Å². The standard InChI is InChI=1S/C14H18N2O/c1-2-5-13(15)14(17)16-9-11-8-10-6-3-4-7-12(10)11/h2-4,6-7,11,13H,1,5,8-9,15H2,(H,16,17). The minimum Gasteiger partial charge on any atom is -0.354 e. The molecule has 0 radical (unpaired) electrons. The van der Waals surface area contributed by atoms with E-state index in [9.17, 15) is 4.79 Å². The molecule has 1 amide bonds. The highest BCUT2D eigenvalue weighted by atomic mass is 16.2. The van der Waals surface area contributed by atoms with Gasteiger partial charge in [-0.05, 0) is 24.0 Å². The van der Waals surface area contributed by atoms with Crippen LogP contribution in [0, 0.1) is 0 Å². The molecule has 0 spiro atoms. The Balaban J connectivity index is 1.81. The Kier molecular flexibility index (Phi) is 3.59. The average Bonchev–Trinajstić information content (AvgIpc) is 2.30. The van der Waals surface area contributed by atoms with Crippen LogP contribution >= 0.6 is 0 Å². The van der Waals surface area contributed by atoms with Crippen molar-refractivity contribution in [2.24, 2.45) is 5.73 Å². The van der Waals surface area contributed by atoms with Gasteiger partial charge >= 0.3 is 0 Å². The minimum atomic E-state index is -0.470. The van der Waals surface area contributed by atoms with Crippen molar-refractivity contribution in [3.63, 3.8) is 0 Å². The van der Waals surface area contributed by atoms with E-state index < -0.39 is 6.04 Å². The number of benzene rings is 1. The fourth-order valence-corrected chi connectivity index (χ4v) is 2.19. The van der Waals surface area contributed by atoms with Gasteiger partial charge in [-0.25, -0.2) is 0 Å². The third-order valence-corrected chi connectivity index (χ3v) is 3.24. The molecule has 0 aliphatic heterocycles. The number of amides is 1. The van der Waals surface area contributed by atoms with Crippen molar-refractivity contribution in [3.05, 3.63) is 48.0 Å². The quantitative estimate of drug-likeness (QED) is 0.750. The highest BCUT2D eigenvalue weighted by molar-refractivity contribution is 5.81. The van der Waals surface area contributed by atoms with Crippen molar-refractivity contribution in [3.8, 4) is 0 Å². The molecular weight excluding hydrogens is 212 g/mol. The summed E-state index contributed by atoms with van der Waals surface area (Å²) >= 11 is 0. The van der Waals surface area contributed by atoms with Crippen LogP contribution in [0.25, 0.3) is 0 Å². The fourth-order valence-electron chi connectivity index (χ4n) is 2.19. The summed E-state index contributed by atoms with van der Waals surface area (Å²) in [7, 11) is 0. The van der Waals surface area contributed by atoms with E-state index in [2.05, 4.69) is 24.0 Å². The van der Waals surface area contributed by atoms with E-state index in [0.717, 1.165) is 6.42 Å². The Bertz CT molecular complexity index is 428. The summed E-state index contributed by atoms with van der Waals surface area (Å²) < 4.78 is 0. The molecule has 0 heterocycles. The van der Waals surface area contributed by atoms with E-state index >= 15 is 0 Å². The molecule has 1 aliphatic rings. The zero-order chi connectivity index (χ0) is 12.3. The molecule has 2 atom stereocenters. The molecule has 1 aromatic rings. The van der Waals surface area contributed by atoms with Gasteiger partial charge in [0.05, 0.1) is 6.04 Å². The Morgan fingerprint density at radius 1 is 1.59 bits per heavy atom. The molecule has 17 heavy (non-hydrogen) atoms. The fraction of sp³-hybridized carbons (Fsp3) is 0.357. The van der Waals surface area contributed by atoms with Crippen LogP contribution in [0.1, 0.15) is 23.5 Å². The van der Waals surface area contributed by atoms with Gasteiger partial charge in [0.15, 0.2) is 0 Å². The maximum Gasteiger partial charge on any atom is 0.237 e. The van der Waals surface area contributed by atoms with Crippen LogP contribution < -0.4 is 11.1 Å². The lowest BCUT2D eigenvalue weighted by Crippen LogP contribution is -2.43. The highest BCUT2D eigenvalue weighted by Gasteiger charge is 2.25. The Morgan fingerprint density at radius 2 is 2.35 bits per heavy atom. The lowest BCUT2D eigenvalue weighted by molar-refractivity contribution is -0.122. The molecule has 2 unspecified atom stereocenters. The summed E-state index contributed by atoms with van der Waals surface area (Å²) in [5, 5.41) is 2.90. The predicted molar refractivity (Wildman–Crippen MR) is 68.7 cm³/mol. The number of fused-ring (bicyclic) bond motifs is 1. The number of hydrogen-bond acceptors (Lipinski definition) is 2. The second-order valence-corrected chi connectivity index (χ2v) is 4.48. The third kappa shape index (κ3) is 2.56. The average molecular weight is 230 g/mol. The van der Waals surface area contributed by atoms with Gasteiger partial charge in [-0.3, -0.25) is 4.79 Å². The second kappa shape index (κ2) is 5.15. The van der Waals surface area contributed by atoms with Crippen LogP contribution in [0.4, 0.5) is 0 Å². The van der Waals surface area contributed by atoms with Crippen molar-refractivity contribution in [2.75, 3.05) is 6.54 Å². The van der Waals surface area contributed by atoms with Crippen molar-refractivity contribution in [2.45, 2.75) is 24.8 Å². The zero-order valence-electron chi connectivity index (χ0n) is 9.86. The number of carbonyl (C=O) groups is 1. The van der Waals surface area contributed by atoms with Crippen molar-refractivity contribution < 1.29 is 4.79 Å². The molecule has 0 aromatic heterocycles. The molecule has 3 nitrogen and oxygen atoms in total. The molecule has 3 heteroatoms. The molecule has 2 rings (SSSR count). The Morgan fingerprint density at radius 3 is 3.06 bits per heavy atom. The van der Waals surface area contributed by atoms with Crippen LogP contribution in [-0.2, 0) is 11.2 Å². The minimum absolute atomic E-state index is 0.0886. The van der Waals surface area contributed by atoms with Crippen LogP contribution in [0.3, 0.4) is 0 Å². The van der Waals surface area contributed by atoms with Crippen LogP contribution in [-0.4, -0.2) is 18.5 Å². The third-order valence-electron chi connectivity index (χ3n) is 3.24. The smallest absolute Gasteiger partial charge is 0.237 e. The topological polar surface area (TPSA) is 55.1 Å². The first-order valence-electron chi connectivity index (χ1n) is 5.94. The lowest BCUT2D eigenvalue weighted by atomic mass is 9.77. The summed E-state index contributed by atoms with van der Waals surface area (Å²) in [6, 6.07) is 7.88. The lowest BCUT2D eigenvalue weighted by Gasteiger charge is -2.30. The Hall–Kier alpha value is -1.61. The molecule has 1 aliphatic carbocycles. The largest absolute Gasteiger partial charge is 0.354 e. The Labute approximate surface area is 102 Å². The van der Waals surface area contributed by atoms with E-state index in [1.165, 1.54) is 11.1 Å². The van der Waals surface area contributed by atoms with Gasteiger partial charge in [0, 0.05) is 12.5 Å². The van der Waals surface area contributed by atoms with E-state index in [0.29, 0.717) is 18.9 Å². The molecule has 1 aromatic carbocycles. The number of hydrogen-bond donors (Lipinski definition) is 2. The molecule has 0 saturated carbocycles. The summed E-state index contributed by atoms with van der Waals surface area (Å²) in [4.78, 5) is 11.6. The first kappa shape index (κ1) is 11.9. The molecular formula is C14H18N2O. The number of nitrogens with two attached hydrogens (primary N) is 1.